The van der Waals surface area contributed by atoms with Crippen molar-refractivity contribution in [3.63, 3.8) is 0 Å². The molecule has 0 aliphatic rings. The van der Waals surface area contributed by atoms with Crippen LogP contribution in [0.1, 0.15) is 177 Å². The third-order valence-electron chi connectivity index (χ3n) is 21.5. The molecule has 18 amide bonds. The third kappa shape index (κ3) is 49.7. The van der Waals surface area contributed by atoms with E-state index in [0.29, 0.717) is 11.1 Å². The number of carbonyl (C=O) groups excluding carboxylic acids is 18. The van der Waals surface area contributed by atoms with Crippen molar-refractivity contribution in [3.05, 3.63) is 59.7 Å². The van der Waals surface area contributed by atoms with Crippen LogP contribution in [-0.4, -0.2) is 313 Å². The maximum absolute atomic E-state index is 14.8. The van der Waals surface area contributed by atoms with E-state index in [1.165, 1.54) is 62.4 Å². The molecule has 56 nitrogen and oxygen atoms in total. The first-order chi connectivity index (χ1) is 67.8. The highest BCUT2D eigenvalue weighted by Crippen LogP contribution is 2.19. The summed E-state index contributed by atoms with van der Waals surface area (Å²) in [4.78, 5) is 299. The summed E-state index contributed by atoms with van der Waals surface area (Å²) in [6.45, 7) is 12.7. The quantitative estimate of drug-likeness (QED) is 0.0166. The van der Waals surface area contributed by atoms with Gasteiger partial charge in [0.2, 0.25) is 106 Å². The zero-order valence-electron chi connectivity index (χ0n) is 82.5. The van der Waals surface area contributed by atoms with Crippen molar-refractivity contribution in [2.75, 3.05) is 32.8 Å². The third-order valence-corrected chi connectivity index (χ3v) is 21.5. The number of aliphatic hydroxyl groups is 2. The van der Waals surface area contributed by atoms with Crippen LogP contribution in [0.2, 0.25) is 0 Å². The summed E-state index contributed by atoms with van der Waals surface area (Å²) in [5.41, 5.74) is 50.1. The first-order valence-corrected chi connectivity index (χ1v) is 46.6. The Labute approximate surface area is 835 Å². The Bertz CT molecular complexity index is 4840. The molecule has 0 spiro atoms. The Kier molecular flexibility index (Phi) is 55.6. The zero-order valence-corrected chi connectivity index (χ0v) is 82.5. The van der Waals surface area contributed by atoms with E-state index in [2.05, 4.69) is 100 Å². The number of phenols is 2. The van der Waals surface area contributed by atoms with Gasteiger partial charge in [-0.05, 0) is 144 Å². The lowest BCUT2D eigenvalue weighted by Crippen LogP contribution is -2.62. The second-order valence-electron chi connectivity index (χ2n) is 35.9. The normalized spacial score (nSPS) is 14.6. The molecule has 2 aromatic rings. The van der Waals surface area contributed by atoms with E-state index in [1.807, 2.05) is 0 Å². The average molecular weight is 2050 g/mol. The molecular formula is C89H144N28O28. The Balaban J connectivity index is 2.57. The molecule has 2 rings (SSSR count). The van der Waals surface area contributed by atoms with E-state index in [9.17, 15) is 136 Å². The molecule has 0 aliphatic carbocycles. The number of nitrogens with two attached hydrogens (primary N) is 9. The molecule has 0 aromatic heterocycles. The Morgan fingerprint density at radius 2 is 0.607 bits per heavy atom. The molecule has 0 radical (unpaired) electrons. The predicted molar refractivity (Wildman–Crippen MR) is 520 cm³/mol. The highest BCUT2D eigenvalue weighted by atomic mass is 16.4. The number of carbonyl (C=O) groups is 21. The standard InChI is InChI=1S/C89H144N28O28/c1-41(2)32-56(77(135)105-51(14-11-29-99-87(93)94)72(130)111-59(35-47-17-21-49(120)22-18-47)80(138)114-62(86(144)145)36-48-19-23-50(121)24-20-48)109-79(137)58(34-43(5)6)112-85(143)70(46(10)119)117-76(134)53(16-13-31-101-89(97)98)106-78(136)57(33-42(3)4)110-82(140)61(38-68(127)128)113-84(142)69(44(7)8)116-75(133)52(15-12-30-100-88(95)96)104-71(129)45(9)102-83(141)63(40-118)115-74(132)54(25-27-64(91)122)107-73(131)55(26-28-67(125)126)108-81(139)60(37-65(92)123)103-66(124)39-90/h17-24,41-46,51-63,69-70,118-121H,11-16,25-40,90H2,1-10H3,(H2,91,122)(H2,92,123)(H,102,141)(H,103,124)(H,104,129)(H,105,135)(H,106,136)(H,107,131)(H,108,139)(H,109,137)(H,110,140)(H,111,130)(H,112,143)(H,113,142)(H,114,138)(H,115,132)(H,116,133)(H,117,134)(H,125,126)(H,127,128)(H,144,145)(H4,93,94,99)(H4,95,96,100)(H4,97,98,101)/t45-,46+,51-,52-,53-,54-,55-,56-,57-,58-,59-,60-,61-,62-,63-,69-,70-/m0/s1. The molecule has 0 heterocycles. The van der Waals surface area contributed by atoms with Crippen molar-refractivity contribution in [3.8, 4) is 11.5 Å². The monoisotopic (exact) mass is 2050 g/mol. The molecule has 808 valence electrons. The lowest BCUT2D eigenvalue weighted by Gasteiger charge is -2.30. The number of carboxylic acids is 3. The van der Waals surface area contributed by atoms with E-state index in [0.717, 1.165) is 13.8 Å². The van der Waals surface area contributed by atoms with Gasteiger partial charge in [-0.25, -0.2) is 4.79 Å². The molecule has 17 atom stereocenters. The van der Waals surface area contributed by atoms with Gasteiger partial charge in [0.05, 0.1) is 32.1 Å². The van der Waals surface area contributed by atoms with Gasteiger partial charge in [0, 0.05) is 45.3 Å². The van der Waals surface area contributed by atoms with Gasteiger partial charge in [-0.2, -0.15) is 0 Å². The molecule has 2 aromatic carbocycles. The van der Waals surface area contributed by atoms with Crippen LogP contribution in [0.25, 0.3) is 0 Å². The van der Waals surface area contributed by atoms with Gasteiger partial charge in [-0.1, -0.05) is 79.7 Å². The van der Waals surface area contributed by atoms with Crippen LogP contribution in [0.5, 0.6) is 11.5 Å². The number of primary amides is 2. The van der Waals surface area contributed by atoms with Crippen molar-refractivity contribution in [1.29, 1.82) is 0 Å². The second kappa shape index (κ2) is 64.2. The molecule has 145 heavy (non-hydrogen) atoms. The maximum Gasteiger partial charge on any atom is 0.326 e. The fourth-order valence-electron chi connectivity index (χ4n) is 14.0. The van der Waals surface area contributed by atoms with Crippen molar-refractivity contribution >= 4 is 142 Å². The number of aliphatic hydroxyl groups excluding tert-OH is 2. The summed E-state index contributed by atoms with van der Waals surface area (Å²) >= 11 is 0. The molecule has 0 saturated carbocycles. The molecule has 0 saturated heterocycles. The minimum atomic E-state index is -2.08. The summed E-state index contributed by atoms with van der Waals surface area (Å²) in [5, 5.41) is 110. The highest BCUT2D eigenvalue weighted by Gasteiger charge is 2.41. The van der Waals surface area contributed by atoms with Crippen LogP contribution < -0.4 is 137 Å². The molecule has 0 unspecified atom stereocenters. The number of hydrogen-bond acceptors (Lipinski definition) is 29. The Hall–Kier alpha value is -15.4. The van der Waals surface area contributed by atoms with Gasteiger partial charge >= 0.3 is 17.9 Å². The molecule has 0 fully saturated rings. The second-order valence-corrected chi connectivity index (χ2v) is 35.9. The van der Waals surface area contributed by atoms with Crippen molar-refractivity contribution in [1.82, 2.24) is 85.1 Å². The number of nitrogens with zero attached hydrogens (tertiary/aromatic N) is 3. The van der Waals surface area contributed by atoms with Gasteiger partial charge in [0.1, 0.15) is 108 Å². The average Bonchev–Trinajstić information content (AvgIpc) is 0.850. The Morgan fingerprint density at radius 3 is 0.952 bits per heavy atom. The van der Waals surface area contributed by atoms with Crippen LogP contribution in [0.15, 0.2) is 63.5 Å². The summed E-state index contributed by atoms with van der Waals surface area (Å²) in [7, 11) is 0. The zero-order chi connectivity index (χ0) is 110. The van der Waals surface area contributed by atoms with Gasteiger partial charge in [-0.15, -0.1) is 0 Å². The van der Waals surface area contributed by atoms with Crippen LogP contribution in [0.3, 0.4) is 0 Å². The van der Waals surface area contributed by atoms with Crippen molar-refractivity contribution in [2.45, 2.75) is 281 Å². The smallest absolute Gasteiger partial charge is 0.326 e. The number of carboxylic acid groups (broad SMARTS) is 3. The topological polar surface area (TPSA) is 964 Å². The number of guanidine groups is 3. The number of hydrogen-bond donors (Lipinski definition) is 32. The van der Waals surface area contributed by atoms with Gasteiger partial charge in [0.15, 0.2) is 17.9 Å². The minimum absolute atomic E-state index is 0.0208. The number of amides is 18. The van der Waals surface area contributed by atoms with Crippen LogP contribution in [0, 0.1) is 23.7 Å². The molecule has 56 heteroatoms. The van der Waals surface area contributed by atoms with Crippen molar-refractivity contribution < 1.29 is 136 Å². The number of phenolic OH excluding ortho intramolecular Hbond substituents is 2. The maximum atomic E-state index is 14.8. The highest BCUT2D eigenvalue weighted by molar-refractivity contribution is 6.02. The molecular weight excluding hydrogens is 1910 g/mol. The number of aliphatic carboxylic acids is 3. The van der Waals surface area contributed by atoms with Crippen molar-refractivity contribution in [2.24, 2.45) is 90.3 Å². The summed E-state index contributed by atoms with van der Waals surface area (Å²) < 4.78 is 0. The molecule has 41 N–H and O–H groups in total. The number of aromatic hydroxyl groups is 2. The van der Waals surface area contributed by atoms with Crippen LogP contribution in [0.4, 0.5) is 0 Å². The summed E-state index contributed by atoms with van der Waals surface area (Å²) in [6, 6.07) is -16.7. The van der Waals surface area contributed by atoms with E-state index in [4.69, 9.17) is 51.6 Å². The molecule has 0 aliphatic heterocycles. The predicted octanol–water partition coefficient (Wildman–Crippen LogP) is -10.5. The fraction of sp³-hybridized carbons (Fsp3) is 0.596. The van der Waals surface area contributed by atoms with E-state index >= 15 is 0 Å². The number of aliphatic imine (C=N–C) groups is 3. The largest absolute Gasteiger partial charge is 0.508 e. The Morgan fingerprint density at radius 1 is 0.310 bits per heavy atom. The van der Waals surface area contributed by atoms with Gasteiger partial charge < -0.3 is 172 Å². The molecule has 0 bridgehead atoms. The lowest BCUT2D eigenvalue weighted by molar-refractivity contribution is -0.142. The first kappa shape index (κ1) is 126. The number of benzene rings is 2. The van der Waals surface area contributed by atoms with Gasteiger partial charge in [-0.3, -0.25) is 111 Å². The van der Waals surface area contributed by atoms with E-state index in [-0.39, 0.29) is 126 Å². The fourth-order valence-corrected chi connectivity index (χ4v) is 14.0. The van der Waals surface area contributed by atoms with E-state index < -0.39 is 296 Å². The summed E-state index contributed by atoms with van der Waals surface area (Å²) in [6.07, 6.45) is -8.76. The lowest BCUT2D eigenvalue weighted by atomic mass is 9.99. The van der Waals surface area contributed by atoms with Crippen LogP contribution in [-0.2, 0) is 114 Å². The number of nitrogens with one attached hydrogen (secondary N) is 16. The first-order valence-electron chi connectivity index (χ1n) is 46.6. The minimum Gasteiger partial charge on any atom is -0.508 e. The number of rotatable bonds is 68. The summed E-state index contributed by atoms with van der Waals surface area (Å²) in [5.74, 6) is -28.6. The SMILES string of the molecule is CC(C)C[C@H](NC(=O)[C@H](CC(=O)O)NC(=O)[C@@H](NC(=O)[C@H](CCCN=C(N)N)NC(=O)[C@H](C)NC(=O)[C@H](CO)NC(=O)[C@H](CCC(N)=O)NC(=O)[C@H](CCC(=O)O)NC(=O)[C@H](CC(N)=O)NC(=O)CN)C(C)C)C(=O)N[C@@H](CCCN=C(N)N)C(=O)N[C@H](C(=O)N[C@@H](CC(C)C)C(=O)N[C@@H](CC(C)C)C(=O)N[C@@H](CCCN=C(N)N)C(=O)N[C@@H](Cc1ccc(O)cc1)C(=O)N[C@@H](Cc1ccc(O)cc1)C(=O)O)[C@@H](C)O. The van der Waals surface area contributed by atoms with Crippen LogP contribution >= 0.6 is 0 Å². The van der Waals surface area contributed by atoms with Gasteiger partial charge in [0.25, 0.3) is 0 Å². The van der Waals surface area contributed by atoms with E-state index in [1.54, 1.807) is 41.5 Å².